The van der Waals surface area contributed by atoms with Gasteiger partial charge in [-0.1, -0.05) is 43.7 Å². The first-order valence-electron chi connectivity index (χ1n) is 11.9. The van der Waals surface area contributed by atoms with E-state index in [2.05, 4.69) is 29.5 Å². The van der Waals surface area contributed by atoms with Crippen molar-refractivity contribution >= 4 is 5.91 Å². The zero-order valence-electron chi connectivity index (χ0n) is 19.6. The molecule has 5 rings (SSSR count). The summed E-state index contributed by atoms with van der Waals surface area (Å²) in [5, 5.41) is 1.92. The van der Waals surface area contributed by atoms with Crippen LogP contribution in [0.5, 0.6) is 5.75 Å². The lowest BCUT2D eigenvalue weighted by atomic mass is 10.0. The van der Waals surface area contributed by atoms with E-state index in [-0.39, 0.29) is 18.0 Å². The predicted octanol–water partition coefficient (Wildman–Crippen LogP) is 4.96. The second kappa shape index (κ2) is 9.73. The summed E-state index contributed by atoms with van der Waals surface area (Å²) in [4.78, 5) is 19.7. The Bertz CT molecular complexity index is 1160. The number of amides is 1. The summed E-state index contributed by atoms with van der Waals surface area (Å²) in [5.41, 5.74) is 6.29. The normalized spacial score (nSPS) is 19.5. The molecule has 3 aromatic rings. The van der Waals surface area contributed by atoms with Gasteiger partial charge in [0.1, 0.15) is 23.2 Å². The van der Waals surface area contributed by atoms with Gasteiger partial charge in [0, 0.05) is 18.0 Å². The molecular weight excluding hydrogens is 428 g/mol. The van der Waals surface area contributed by atoms with Crippen LogP contribution in [0.2, 0.25) is 0 Å². The molecule has 2 aromatic carbocycles. The molecule has 1 aromatic heterocycles. The number of hydrogen-bond acceptors (Lipinski definition) is 6. The zero-order valence-corrected chi connectivity index (χ0v) is 19.6. The minimum Gasteiger partial charge on any atom is -0.494 e. The van der Waals surface area contributed by atoms with Gasteiger partial charge in [0.25, 0.3) is 5.91 Å². The molecule has 2 atom stereocenters. The number of benzene rings is 2. The number of carbonyl (C=O) groups excluding carboxylic acids is 1. The molecule has 1 N–H and O–H groups in total. The zero-order chi connectivity index (χ0) is 23.5. The van der Waals surface area contributed by atoms with Crippen molar-refractivity contribution < 1.29 is 13.9 Å². The molecular formula is C27H30N4O3. The number of oxazole rings is 1. The first kappa shape index (κ1) is 22.2. The maximum Gasteiger partial charge on any atom is 0.251 e. The molecule has 2 aliphatic heterocycles. The number of fused-ring (bicyclic) bond motifs is 1. The van der Waals surface area contributed by atoms with Gasteiger partial charge in [0.2, 0.25) is 5.89 Å². The van der Waals surface area contributed by atoms with Crippen LogP contribution in [0.4, 0.5) is 0 Å². The van der Waals surface area contributed by atoms with E-state index in [1.54, 1.807) is 4.90 Å². The highest BCUT2D eigenvalue weighted by atomic mass is 16.5. The first-order chi connectivity index (χ1) is 16.6. The minimum absolute atomic E-state index is 0.0562. The van der Waals surface area contributed by atoms with Gasteiger partial charge in [-0.05, 0) is 49.6 Å². The van der Waals surface area contributed by atoms with Gasteiger partial charge in [-0.2, -0.15) is 0 Å². The summed E-state index contributed by atoms with van der Waals surface area (Å²) >= 11 is 0. The van der Waals surface area contributed by atoms with Crippen LogP contribution < -0.4 is 10.2 Å². The third-order valence-electron chi connectivity index (χ3n) is 6.36. The molecule has 0 aliphatic carbocycles. The minimum atomic E-state index is -0.253. The maximum absolute atomic E-state index is 13.3. The van der Waals surface area contributed by atoms with Crippen molar-refractivity contribution in [1.82, 2.24) is 20.3 Å². The number of aryl methyl sites for hydroxylation is 1. The monoisotopic (exact) mass is 458 g/mol. The summed E-state index contributed by atoms with van der Waals surface area (Å²) in [5.74, 6) is 2.24. The van der Waals surface area contributed by atoms with Crippen LogP contribution in [-0.4, -0.2) is 33.4 Å². The van der Waals surface area contributed by atoms with E-state index in [1.165, 1.54) is 0 Å². The molecule has 1 amide bonds. The Balaban J connectivity index is 1.24. The second-order valence-corrected chi connectivity index (χ2v) is 8.76. The van der Waals surface area contributed by atoms with Crippen LogP contribution >= 0.6 is 0 Å². The Morgan fingerprint density at radius 2 is 1.91 bits per heavy atom. The largest absolute Gasteiger partial charge is 0.494 e. The average molecular weight is 459 g/mol. The molecule has 0 spiro atoms. The Labute approximate surface area is 200 Å². The molecule has 0 bridgehead atoms. The van der Waals surface area contributed by atoms with Crippen molar-refractivity contribution in [2.24, 2.45) is 0 Å². The number of carbonyl (C=O) groups is 1. The molecule has 3 heterocycles. The second-order valence-electron chi connectivity index (χ2n) is 8.76. The smallest absolute Gasteiger partial charge is 0.251 e. The standard InChI is InChI=1S/C27H30N4O3/c1-3-4-16-33-22-12-10-20(11-13-22)23-17-25-27(32)30(14-15-31(25)29-23)18-24-19(2)34-26(28-24)21-8-6-5-7-9-21/h5-15,23,25,29H,3-4,16-18H2,1-2H3. The summed E-state index contributed by atoms with van der Waals surface area (Å²) in [6, 6.07) is 17.8. The number of unbranched alkanes of at least 4 members (excludes halogenated alkanes) is 1. The van der Waals surface area contributed by atoms with E-state index in [9.17, 15) is 4.79 Å². The van der Waals surface area contributed by atoms with Gasteiger partial charge >= 0.3 is 0 Å². The van der Waals surface area contributed by atoms with Gasteiger partial charge < -0.3 is 19.1 Å². The molecule has 7 heteroatoms. The van der Waals surface area contributed by atoms with Crippen LogP contribution in [0.1, 0.15) is 49.2 Å². The van der Waals surface area contributed by atoms with E-state index in [1.807, 2.05) is 66.8 Å². The Kier molecular flexibility index (Phi) is 6.36. The van der Waals surface area contributed by atoms with E-state index in [4.69, 9.17) is 9.15 Å². The molecule has 0 saturated carbocycles. The van der Waals surface area contributed by atoms with Gasteiger partial charge in [0.05, 0.1) is 19.2 Å². The van der Waals surface area contributed by atoms with Crippen molar-refractivity contribution in [3.63, 3.8) is 0 Å². The average Bonchev–Trinajstić information content (AvgIpc) is 3.46. The Morgan fingerprint density at radius 3 is 2.68 bits per heavy atom. The number of aromatic nitrogens is 1. The molecule has 7 nitrogen and oxygen atoms in total. The van der Waals surface area contributed by atoms with Gasteiger partial charge in [-0.15, -0.1) is 0 Å². The first-order valence-corrected chi connectivity index (χ1v) is 11.9. The molecule has 0 radical (unpaired) electrons. The highest BCUT2D eigenvalue weighted by Gasteiger charge is 2.40. The van der Waals surface area contributed by atoms with Crippen LogP contribution in [0.25, 0.3) is 11.5 Å². The fourth-order valence-electron chi connectivity index (χ4n) is 4.36. The van der Waals surface area contributed by atoms with Crippen molar-refractivity contribution in [1.29, 1.82) is 0 Å². The number of nitrogens with zero attached hydrogens (tertiary/aromatic N) is 3. The van der Waals surface area contributed by atoms with Crippen LogP contribution in [0.15, 0.2) is 71.4 Å². The number of hydrogen-bond donors (Lipinski definition) is 1. The number of nitrogens with one attached hydrogen (secondary N) is 1. The lowest BCUT2D eigenvalue weighted by Crippen LogP contribution is -2.47. The van der Waals surface area contributed by atoms with Crippen LogP contribution in [0, 0.1) is 6.92 Å². The van der Waals surface area contributed by atoms with E-state index in [0.29, 0.717) is 18.9 Å². The number of rotatable bonds is 8. The molecule has 1 fully saturated rings. The Morgan fingerprint density at radius 1 is 1.12 bits per heavy atom. The van der Waals surface area contributed by atoms with Crippen LogP contribution in [-0.2, 0) is 11.3 Å². The van der Waals surface area contributed by atoms with Crippen molar-refractivity contribution in [2.45, 2.75) is 51.7 Å². The van der Waals surface area contributed by atoms with E-state index >= 15 is 0 Å². The van der Waals surface area contributed by atoms with Crippen molar-refractivity contribution in [3.05, 3.63) is 84.0 Å². The summed E-state index contributed by atoms with van der Waals surface area (Å²) in [7, 11) is 0. The van der Waals surface area contributed by atoms with Crippen molar-refractivity contribution in [3.8, 4) is 17.2 Å². The fourth-order valence-corrected chi connectivity index (χ4v) is 4.36. The fraction of sp³-hybridized carbons (Fsp3) is 0.333. The number of ether oxygens (including phenoxy) is 1. The van der Waals surface area contributed by atoms with Crippen molar-refractivity contribution in [2.75, 3.05) is 6.61 Å². The summed E-state index contributed by atoms with van der Waals surface area (Å²) in [6.07, 6.45) is 6.61. The predicted molar refractivity (Wildman–Crippen MR) is 129 cm³/mol. The maximum atomic E-state index is 13.3. The number of hydrazine groups is 1. The molecule has 2 unspecified atom stereocenters. The highest BCUT2D eigenvalue weighted by Crippen LogP contribution is 2.32. The van der Waals surface area contributed by atoms with Gasteiger partial charge in [-0.3, -0.25) is 4.79 Å². The van der Waals surface area contributed by atoms with E-state index < -0.39 is 0 Å². The van der Waals surface area contributed by atoms with E-state index in [0.717, 1.165) is 47.8 Å². The third-order valence-corrected chi connectivity index (χ3v) is 6.36. The highest BCUT2D eigenvalue weighted by molar-refractivity contribution is 5.84. The molecule has 1 saturated heterocycles. The van der Waals surface area contributed by atoms with Gasteiger partial charge in [-0.25, -0.2) is 10.4 Å². The Hall–Kier alpha value is -3.58. The quantitative estimate of drug-likeness (QED) is 0.481. The molecule has 176 valence electrons. The van der Waals surface area contributed by atoms with Gasteiger partial charge in [0.15, 0.2) is 0 Å². The molecule has 34 heavy (non-hydrogen) atoms. The topological polar surface area (TPSA) is 70.8 Å². The molecule has 2 aliphatic rings. The summed E-state index contributed by atoms with van der Waals surface area (Å²) in [6.45, 7) is 5.16. The summed E-state index contributed by atoms with van der Waals surface area (Å²) < 4.78 is 11.6. The lowest BCUT2D eigenvalue weighted by Gasteiger charge is -2.31. The van der Waals surface area contributed by atoms with Crippen LogP contribution in [0.3, 0.4) is 0 Å². The lowest BCUT2D eigenvalue weighted by molar-refractivity contribution is -0.135. The SMILES string of the molecule is CCCCOc1ccc(C2CC3C(=O)N(Cc4nc(-c5ccccc5)oc4C)C=CN3N2)cc1. The third kappa shape index (κ3) is 4.56.